The van der Waals surface area contributed by atoms with Crippen LogP contribution in [0, 0.1) is 6.92 Å². The second kappa shape index (κ2) is 6.50. The largest absolute Gasteiger partial charge is 0.332 e. The quantitative estimate of drug-likeness (QED) is 0.638. The van der Waals surface area contributed by atoms with E-state index in [9.17, 15) is 20.7 Å². The summed E-state index contributed by atoms with van der Waals surface area (Å²) in [5.41, 5.74) is 0.799. The number of anilines is 1. The van der Waals surface area contributed by atoms with E-state index in [4.69, 9.17) is 0 Å². The predicted octanol–water partition coefficient (Wildman–Crippen LogP) is 2.24. The van der Waals surface area contributed by atoms with E-state index < -0.39 is 25.1 Å². The monoisotopic (exact) mass is 396 g/mol. The van der Waals surface area contributed by atoms with Crippen molar-refractivity contribution in [3.8, 4) is 11.4 Å². The summed E-state index contributed by atoms with van der Waals surface area (Å²) in [4.78, 5) is 3.05. The topological polar surface area (TPSA) is 122 Å². The van der Waals surface area contributed by atoms with Gasteiger partial charge < -0.3 is 0 Å². The molecule has 0 spiro atoms. The molecule has 0 unspecified atom stereocenters. The summed E-state index contributed by atoms with van der Waals surface area (Å²) in [6, 6.07) is 10.4. The van der Waals surface area contributed by atoms with Crippen molar-refractivity contribution in [2.24, 2.45) is 0 Å². The molecule has 0 atom stereocenters. The normalized spacial score (nSPS) is 12.1. The number of benzene rings is 2. The molecule has 1 heterocycles. The van der Waals surface area contributed by atoms with Crippen molar-refractivity contribution in [1.82, 2.24) is 15.2 Å². The van der Waals surface area contributed by atoms with Crippen LogP contribution in [0.15, 0.2) is 58.3 Å². The molecule has 3 rings (SSSR count). The van der Waals surface area contributed by atoms with Crippen LogP contribution in [0.3, 0.4) is 0 Å². The third-order valence-electron chi connectivity index (χ3n) is 3.37. The van der Waals surface area contributed by atoms with Gasteiger partial charge in [0.05, 0.1) is 9.79 Å². The second-order valence-electron chi connectivity index (χ2n) is 5.34. The van der Waals surface area contributed by atoms with Crippen molar-refractivity contribution in [3.63, 3.8) is 0 Å². The van der Waals surface area contributed by atoms with Crippen LogP contribution in [0.5, 0.6) is 0 Å². The number of aromatic nitrogens is 3. The van der Waals surface area contributed by atoms with E-state index in [1.807, 2.05) is 0 Å². The highest BCUT2D eigenvalue weighted by Gasteiger charge is 2.19. The molecule has 0 saturated heterocycles. The maximum absolute atomic E-state index is 13.1. The second-order valence-corrected chi connectivity index (χ2v) is 8.37. The molecule has 0 radical (unpaired) electrons. The Kier molecular flexibility index (Phi) is 4.50. The third kappa shape index (κ3) is 3.89. The molecule has 0 aliphatic carbocycles. The number of rotatable bonds is 5. The van der Waals surface area contributed by atoms with Crippen LogP contribution in [0.25, 0.3) is 11.4 Å². The Morgan fingerprint density at radius 1 is 1.00 bits per heavy atom. The van der Waals surface area contributed by atoms with Crippen molar-refractivity contribution in [1.29, 1.82) is 0 Å². The standard InChI is InChI=1S/C15H13FN4O4S2/c1-10-17-15(19-18-10)11-4-2-5-12(8-11)20-26(23,24)14-7-3-6-13(9-14)25(16,21)22/h2-9,20H,1H3,(H,17,18,19). The minimum absolute atomic E-state index is 0.221. The van der Waals surface area contributed by atoms with E-state index in [1.54, 1.807) is 19.1 Å². The fourth-order valence-electron chi connectivity index (χ4n) is 2.20. The molecule has 0 aliphatic heterocycles. The Hall–Kier alpha value is -2.79. The van der Waals surface area contributed by atoms with Gasteiger partial charge >= 0.3 is 10.2 Å². The zero-order valence-electron chi connectivity index (χ0n) is 13.3. The highest BCUT2D eigenvalue weighted by atomic mass is 32.3. The SMILES string of the molecule is Cc1nc(-c2cccc(NS(=O)(=O)c3cccc(S(=O)(=O)F)c3)c2)n[nH]1. The minimum atomic E-state index is -5.01. The van der Waals surface area contributed by atoms with Gasteiger partial charge in [-0.05, 0) is 37.3 Å². The molecule has 136 valence electrons. The van der Waals surface area contributed by atoms with Gasteiger partial charge in [0.25, 0.3) is 10.0 Å². The average Bonchev–Trinajstić information content (AvgIpc) is 3.01. The maximum Gasteiger partial charge on any atom is 0.332 e. The lowest BCUT2D eigenvalue weighted by molar-refractivity contribution is 0.552. The van der Waals surface area contributed by atoms with Crippen LogP contribution < -0.4 is 4.72 Å². The molecule has 0 amide bonds. The van der Waals surface area contributed by atoms with Crippen LogP contribution in [0.4, 0.5) is 9.57 Å². The molecule has 11 heteroatoms. The van der Waals surface area contributed by atoms with E-state index in [0.29, 0.717) is 17.2 Å². The molecular weight excluding hydrogens is 383 g/mol. The van der Waals surface area contributed by atoms with Gasteiger partial charge in [-0.2, -0.15) is 13.5 Å². The van der Waals surface area contributed by atoms with Crippen LogP contribution >= 0.6 is 0 Å². The molecule has 0 aliphatic rings. The van der Waals surface area contributed by atoms with E-state index in [0.717, 1.165) is 18.2 Å². The summed E-state index contributed by atoms with van der Waals surface area (Å²) in [6.45, 7) is 1.73. The predicted molar refractivity (Wildman–Crippen MR) is 92.1 cm³/mol. The first-order valence-electron chi connectivity index (χ1n) is 7.22. The Labute approximate surface area is 149 Å². The van der Waals surface area contributed by atoms with Crippen LogP contribution in [0.1, 0.15) is 5.82 Å². The fourth-order valence-corrected chi connectivity index (χ4v) is 3.88. The van der Waals surface area contributed by atoms with Crippen LogP contribution in [-0.2, 0) is 20.2 Å². The Morgan fingerprint density at radius 3 is 2.35 bits per heavy atom. The molecule has 0 fully saturated rings. The number of hydrogen-bond donors (Lipinski definition) is 2. The smallest absolute Gasteiger partial charge is 0.280 e. The first kappa shape index (κ1) is 18.0. The van der Waals surface area contributed by atoms with E-state index in [2.05, 4.69) is 19.9 Å². The number of aryl methyl sites for hydroxylation is 1. The molecule has 26 heavy (non-hydrogen) atoms. The number of sulfonamides is 1. The summed E-state index contributed by atoms with van der Waals surface area (Å²) < 4.78 is 62.3. The number of H-pyrrole nitrogens is 1. The zero-order valence-corrected chi connectivity index (χ0v) is 15.0. The number of aromatic amines is 1. The summed E-state index contributed by atoms with van der Waals surface area (Å²) >= 11 is 0. The zero-order chi connectivity index (χ0) is 18.9. The van der Waals surface area contributed by atoms with Crippen molar-refractivity contribution >= 4 is 25.9 Å². The van der Waals surface area contributed by atoms with E-state index in [1.165, 1.54) is 18.2 Å². The Bertz CT molecular complexity index is 1170. The van der Waals surface area contributed by atoms with Crippen molar-refractivity contribution in [2.75, 3.05) is 4.72 Å². The lowest BCUT2D eigenvalue weighted by Gasteiger charge is -2.09. The molecule has 8 nitrogen and oxygen atoms in total. The van der Waals surface area contributed by atoms with E-state index >= 15 is 0 Å². The van der Waals surface area contributed by atoms with Crippen molar-refractivity contribution in [2.45, 2.75) is 16.7 Å². The molecule has 1 aromatic heterocycles. The lowest BCUT2D eigenvalue weighted by Crippen LogP contribution is -2.13. The lowest BCUT2D eigenvalue weighted by atomic mass is 10.2. The van der Waals surface area contributed by atoms with Gasteiger partial charge in [0.1, 0.15) is 5.82 Å². The fraction of sp³-hybridized carbons (Fsp3) is 0.0667. The number of nitrogens with one attached hydrogen (secondary N) is 2. The summed E-state index contributed by atoms with van der Waals surface area (Å²) in [6.07, 6.45) is 0. The van der Waals surface area contributed by atoms with Crippen molar-refractivity contribution < 1.29 is 20.7 Å². The van der Waals surface area contributed by atoms with Gasteiger partial charge in [0.15, 0.2) is 5.82 Å². The summed E-state index contributed by atoms with van der Waals surface area (Å²) in [5, 5.41) is 6.69. The van der Waals surface area contributed by atoms with Crippen LogP contribution in [-0.4, -0.2) is 32.0 Å². The van der Waals surface area contributed by atoms with Crippen molar-refractivity contribution in [3.05, 3.63) is 54.4 Å². The minimum Gasteiger partial charge on any atom is -0.280 e. The van der Waals surface area contributed by atoms with Gasteiger partial charge in [-0.3, -0.25) is 9.82 Å². The molecular formula is C15H13FN4O4S2. The average molecular weight is 396 g/mol. The van der Waals surface area contributed by atoms with E-state index in [-0.39, 0.29) is 10.6 Å². The highest BCUT2D eigenvalue weighted by Crippen LogP contribution is 2.23. The summed E-state index contributed by atoms with van der Waals surface area (Å²) in [7, 11) is -9.13. The van der Waals surface area contributed by atoms with Gasteiger partial charge in [0.2, 0.25) is 0 Å². The van der Waals surface area contributed by atoms with Gasteiger partial charge in [0, 0.05) is 11.3 Å². The molecule has 2 aromatic carbocycles. The first-order valence-corrected chi connectivity index (χ1v) is 10.1. The maximum atomic E-state index is 13.1. The molecule has 2 N–H and O–H groups in total. The summed E-state index contributed by atoms with van der Waals surface area (Å²) in [5.74, 6) is 1.00. The van der Waals surface area contributed by atoms with Gasteiger partial charge in [-0.15, -0.1) is 3.89 Å². The third-order valence-corrected chi connectivity index (χ3v) is 5.56. The van der Waals surface area contributed by atoms with Crippen LogP contribution in [0.2, 0.25) is 0 Å². The van der Waals surface area contributed by atoms with Gasteiger partial charge in [-0.25, -0.2) is 13.4 Å². The Morgan fingerprint density at radius 2 is 1.69 bits per heavy atom. The highest BCUT2D eigenvalue weighted by molar-refractivity contribution is 7.92. The molecule has 3 aromatic rings. The number of hydrogen-bond acceptors (Lipinski definition) is 6. The number of halogens is 1. The number of nitrogens with zero attached hydrogens (tertiary/aromatic N) is 2. The molecule has 0 saturated carbocycles. The molecule has 0 bridgehead atoms. The Balaban J connectivity index is 1.93. The van der Waals surface area contributed by atoms with Gasteiger partial charge in [-0.1, -0.05) is 18.2 Å². The first-order chi connectivity index (χ1) is 12.1.